The Morgan fingerprint density at radius 1 is 1.04 bits per heavy atom. The van der Waals surface area contributed by atoms with E-state index in [0.29, 0.717) is 21.5 Å². The maximum absolute atomic E-state index is 6.42. The topological polar surface area (TPSA) is 28.1 Å². The molecule has 0 aromatic heterocycles. The minimum absolute atomic E-state index is 0.496. The van der Waals surface area contributed by atoms with Crippen molar-refractivity contribution in [3.63, 3.8) is 0 Å². The summed E-state index contributed by atoms with van der Waals surface area (Å²) >= 11 is 12.7. The van der Waals surface area contributed by atoms with Crippen molar-refractivity contribution in [1.82, 2.24) is 9.80 Å². The molecule has 0 spiro atoms. The molecule has 2 heterocycles. The summed E-state index contributed by atoms with van der Waals surface area (Å²) in [5, 5.41) is 1.08. The van der Waals surface area contributed by atoms with Crippen LogP contribution in [0, 0.1) is 0 Å². The molecule has 24 heavy (non-hydrogen) atoms. The van der Waals surface area contributed by atoms with Crippen LogP contribution in [0.15, 0.2) is 41.4 Å². The van der Waals surface area contributed by atoms with Gasteiger partial charge in [-0.3, -0.25) is 0 Å². The number of rotatable bonds is 0. The Morgan fingerprint density at radius 3 is 2.58 bits per heavy atom. The number of ether oxygens (including phenoxy) is 1. The minimum atomic E-state index is 0.496. The molecule has 0 radical (unpaired) electrons. The molecule has 2 aromatic carbocycles. The molecule has 0 bridgehead atoms. The number of hydrogen-bond donors (Lipinski definition) is 0. The molecule has 0 amide bonds. The number of hydrogen-bond acceptors (Lipinski definition) is 4. The summed E-state index contributed by atoms with van der Waals surface area (Å²) in [4.78, 5) is 9.48. The highest BCUT2D eigenvalue weighted by Crippen LogP contribution is 2.42. The van der Waals surface area contributed by atoms with E-state index in [0.717, 1.165) is 43.3 Å². The van der Waals surface area contributed by atoms with Crippen LogP contribution in [0.4, 0.5) is 5.69 Å². The average molecular weight is 362 g/mol. The van der Waals surface area contributed by atoms with E-state index in [9.17, 15) is 0 Å². The summed E-state index contributed by atoms with van der Waals surface area (Å²) in [5.41, 5.74) is 1.64. The van der Waals surface area contributed by atoms with Crippen molar-refractivity contribution in [1.29, 1.82) is 0 Å². The van der Waals surface area contributed by atoms with Crippen LogP contribution in [0.25, 0.3) is 0 Å². The lowest BCUT2D eigenvalue weighted by Gasteiger charge is -2.34. The zero-order chi connectivity index (χ0) is 16.7. The van der Waals surface area contributed by atoms with Gasteiger partial charge >= 0.3 is 0 Å². The summed E-state index contributed by atoms with van der Waals surface area (Å²) < 4.78 is 6.09. The van der Waals surface area contributed by atoms with Gasteiger partial charge in [-0.2, -0.15) is 0 Å². The smallest absolute Gasteiger partial charge is 0.157 e. The van der Waals surface area contributed by atoms with E-state index in [1.165, 1.54) is 0 Å². The molecule has 2 aliphatic heterocycles. The fourth-order valence-electron chi connectivity index (χ4n) is 3.01. The van der Waals surface area contributed by atoms with Gasteiger partial charge in [0.25, 0.3) is 0 Å². The largest absolute Gasteiger partial charge is 0.453 e. The van der Waals surface area contributed by atoms with Gasteiger partial charge in [0, 0.05) is 31.2 Å². The van der Waals surface area contributed by atoms with E-state index in [1.54, 1.807) is 6.07 Å². The van der Waals surface area contributed by atoms with Crippen LogP contribution in [0.3, 0.4) is 0 Å². The van der Waals surface area contributed by atoms with Crippen LogP contribution >= 0.6 is 23.2 Å². The highest BCUT2D eigenvalue weighted by molar-refractivity contribution is 6.36. The Kier molecular flexibility index (Phi) is 4.12. The molecule has 2 aliphatic rings. The molecule has 0 N–H and O–H groups in total. The van der Waals surface area contributed by atoms with Gasteiger partial charge in [-0.05, 0) is 31.3 Å². The Hall–Kier alpha value is -1.75. The summed E-state index contributed by atoms with van der Waals surface area (Å²) in [6, 6.07) is 11.3. The summed E-state index contributed by atoms with van der Waals surface area (Å²) in [6.07, 6.45) is 0. The lowest BCUT2D eigenvalue weighted by molar-refractivity contribution is 0.215. The molecule has 0 atom stereocenters. The van der Waals surface area contributed by atoms with E-state index in [2.05, 4.69) is 16.8 Å². The van der Waals surface area contributed by atoms with Crippen LogP contribution < -0.4 is 4.74 Å². The third kappa shape index (κ3) is 2.86. The number of para-hydroxylation sites is 2. The van der Waals surface area contributed by atoms with Crippen LogP contribution in [-0.4, -0.2) is 48.9 Å². The summed E-state index contributed by atoms with van der Waals surface area (Å²) in [7, 11) is 2.13. The molecular formula is C18H17Cl2N3O. The van der Waals surface area contributed by atoms with Crippen LogP contribution in [0.1, 0.15) is 5.56 Å². The average Bonchev–Trinajstić information content (AvgIpc) is 2.73. The maximum Gasteiger partial charge on any atom is 0.157 e. The van der Waals surface area contributed by atoms with Crippen molar-refractivity contribution >= 4 is 34.7 Å². The molecule has 1 saturated heterocycles. The number of fused-ring (bicyclic) bond motifs is 2. The maximum atomic E-state index is 6.42. The van der Waals surface area contributed by atoms with Gasteiger partial charge in [0.15, 0.2) is 11.5 Å². The van der Waals surface area contributed by atoms with Gasteiger partial charge in [0.05, 0.1) is 10.6 Å². The van der Waals surface area contributed by atoms with Crippen LogP contribution in [0.5, 0.6) is 11.5 Å². The van der Waals surface area contributed by atoms with Gasteiger partial charge in [0.2, 0.25) is 0 Å². The zero-order valence-electron chi connectivity index (χ0n) is 13.3. The fraction of sp³-hybridized carbons (Fsp3) is 0.278. The van der Waals surface area contributed by atoms with E-state index in [-0.39, 0.29) is 0 Å². The Balaban J connectivity index is 1.88. The van der Waals surface area contributed by atoms with Gasteiger partial charge in [-0.15, -0.1) is 0 Å². The highest BCUT2D eigenvalue weighted by Gasteiger charge is 2.26. The van der Waals surface area contributed by atoms with Crippen molar-refractivity contribution in [2.24, 2.45) is 4.99 Å². The molecule has 0 unspecified atom stereocenters. The monoisotopic (exact) mass is 361 g/mol. The van der Waals surface area contributed by atoms with E-state index in [4.69, 9.17) is 32.9 Å². The van der Waals surface area contributed by atoms with Crippen molar-refractivity contribution < 1.29 is 4.74 Å². The normalized spacial score (nSPS) is 17.5. The van der Waals surface area contributed by atoms with Gasteiger partial charge < -0.3 is 14.5 Å². The first-order chi connectivity index (χ1) is 11.6. The second kappa shape index (κ2) is 6.28. The van der Waals surface area contributed by atoms with Crippen LogP contribution in [-0.2, 0) is 0 Å². The predicted octanol–water partition coefficient (Wildman–Crippen LogP) is 4.42. The molecule has 4 rings (SSSR count). The number of piperazine rings is 1. The van der Waals surface area contributed by atoms with Crippen LogP contribution in [0.2, 0.25) is 10.0 Å². The van der Waals surface area contributed by atoms with Gasteiger partial charge in [-0.25, -0.2) is 4.99 Å². The summed E-state index contributed by atoms with van der Waals surface area (Å²) in [6.45, 7) is 3.79. The first-order valence-corrected chi connectivity index (χ1v) is 8.66. The summed E-state index contributed by atoms with van der Waals surface area (Å²) in [5.74, 6) is 2.18. The number of nitrogens with zero attached hydrogens (tertiary/aromatic N) is 3. The van der Waals surface area contributed by atoms with Crippen molar-refractivity contribution in [2.75, 3.05) is 33.2 Å². The van der Waals surface area contributed by atoms with Crippen molar-refractivity contribution in [3.8, 4) is 11.5 Å². The van der Waals surface area contributed by atoms with Crippen molar-refractivity contribution in [3.05, 3.63) is 52.0 Å². The quantitative estimate of drug-likeness (QED) is 0.694. The van der Waals surface area contributed by atoms with E-state index in [1.807, 2.05) is 30.3 Å². The minimum Gasteiger partial charge on any atom is -0.453 e. The predicted molar refractivity (Wildman–Crippen MR) is 98.2 cm³/mol. The number of aliphatic imine (C=N–C) groups is 1. The SMILES string of the molecule is CN1CCN(C2=Nc3ccccc3Oc3c(Cl)cc(Cl)cc32)CC1. The Labute approximate surface area is 151 Å². The number of amidine groups is 1. The molecule has 124 valence electrons. The van der Waals surface area contributed by atoms with Crippen molar-refractivity contribution in [2.45, 2.75) is 0 Å². The second-order valence-corrected chi connectivity index (χ2v) is 6.90. The molecule has 4 nitrogen and oxygen atoms in total. The number of halogens is 2. The molecule has 0 aliphatic carbocycles. The fourth-order valence-corrected chi connectivity index (χ4v) is 3.54. The Morgan fingerprint density at radius 2 is 1.79 bits per heavy atom. The molecule has 0 saturated carbocycles. The molecular weight excluding hydrogens is 345 g/mol. The van der Waals surface area contributed by atoms with E-state index >= 15 is 0 Å². The zero-order valence-corrected chi connectivity index (χ0v) is 14.8. The second-order valence-electron chi connectivity index (χ2n) is 6.06. The first-order valence-electron chi connectivity index (χ1n) is 7.90. The van der Waals surface area contributed by atoms with Gasteiger partial charge in [0.1, 0.15) is 11.5 Å². The van der Waals surface area contributed by atoms with Gasteiger partial charge in [-0.1, -0.05) is 35.3 Å². The highest BCUT2D eigenvalue weighted by atomic mass is 35.5. The molecule has 2 aromatic rings. The lowest BCUT2D eigenvalue weighted by Crippen LogP contribution is -2.47. The number of benzene rings is 2. The first kappa shape index (κ1) is 15.8. The third-order valence-corrected chi connectivity index (χ3v) is 4.85. The van der Waals surface area contributed by atoms with E-state index < -0.39 is 0 Å². The Bertz CT molecular complexity index is 814. The molecule has 6 heteroatoms. The lowest BCUT2D eigenvalue weighted by atomic mass is 10.1. The third-order valence-electron chi connectivity index (χ3n) is 4.36. The standard InChI is InChI=1S/C18H17Cl2N3O/c1-22-6-8-23(9-7-22)18-13-10-12(19)11-14(20)17(13)24-16-5-3-2-4-15(16)21-18/h2-5,10-11H,6-9H2,1H3. The molecule has 1 fully saturated rings. The number of likely N-dealkylation sites (N-methyl/N-ethyl adjacent to an activating group) is 1.